The molecule has 1 amide bonds. The fourth-order valence-electron chi connectivity index (χ4n) is 3.20. The Morgan fingerprint density at radius 3 is 2.74 bits per heavy atom. The van der Waals surface area contributed by atoms with Crippen LogP contribution in [0.5, 0.6) is 0 Å². The average molecular weight is 409 g/mol. The third-order valence-electron chi connectivity index (χ3n) is 4.60. The number of carboxylic acids is 1. The van der Waals surface area contributed by atoms with E-state index >= 15 is 0 Å². The van der Waals surface area contributed by atoms with Crippen LogP contribution in [0.25, 0.3) is 10.2 Å². The zero-order chi connectivity index (χ0) is 19.4. The number of aromatic nitrogens is 1. The van der Waals surface area contributed by atoms with Crippen LogP contribution in [0.4, 0.5) is 5.69 Å². The minimum atomic E-state index is -0.903. The molecule has 7 nitrogen and oxygen atoms in total. The third kappa shape index (κ3) is 4.78. The van der Waals surface area contributed by atoms with Crippen molar-refractivity contribution in [1.82, 2.24) is 4.98 Å². The number of ether oxygens (including phenoxy) is 1. The Morgan fingerprint density at radius 1 is 1.30 bits per heavy atom. The Labute approximate surface area is 164 Å². The van der Waals surface area contributed by atoms with Crippen LogP contribution in [0, 0.1) is 11.8 Å². The molecule has 1 fully saturated rings. The van der Waals surface area contributed by atoms with Gasteiger partial charge in [0, 0.05) is 5.69 Å². The number of esters is 1. The molecule has 2 atom stereocenters. The Hall–Kier alpha value is -2.13. The highest BCUT2D eigenvalue weighted by Crippen LogP contribution is 2.33. The smallest absolute Gasteiger partial charge is 0.316 e. The zero-order valence-electron chi connectivity index (χ0n) is 14.8. The lowest BCUT2D eigenvalue weighted by molar-refractivity contribution is -0.147. The first-order valence-electron chi connectivity index (χ1n) is 8.62. The first-order chi connectivity index (χ1) is 13.0. The number of hydrogen-bond acceptors (Lipinski definition) is 7. The molecule has 0 saturated heterocycles. The maximum absolute atomic E-state index is 12.6. The number of benzene rings is 1. The van der Waals surface area contributed by atoms with Gasteiger partial charge in [-0.05, 0) is 31.0 Å². The second-order valence-electron chi connectivity index (χ2n) is 6.35. The van der Waals surface area contributed by atoms with E-state index in [1.807, 2.05) is 6.07 Å². The van der Waals surface area contributed by atoms with Crippen molar-refractivity contribution in [2.75, 3.05) is 18.2 Å². The Balaban J connectivity index is 1.70. The minimum absolute atomic E-state index is 0.193. The predicted molar refractivity (Wildman–Crippen MR) is 104 cm³/mol. The van der Waals surface area contributed by atoms with Crippen LogP contribution in [0.2, 0.25) is 0 Å². The van der Waals surface area contributed by atoms with Gasteiger partial charge in [0.05, 0.1) is 34.9 Å². The molecule has 0 aliphatic heterocycles. The molecule has 1 aromatic heterocycles. The van der Waals surface area contributed by atoms with Gasteiger partial charge in [-0.25, -0.2) is 4.98 Å². The van der Waals surface area contributed by atoms with Crippen molar-refractivity contribution in [2.24, 2.45) is 11.8 Å². The fourth-order valence-corrected chi connectivity index (χ4v) is 5.14. The molecule has 3 rings (SSSR count). The quantitative estimate of drug-likeness (QED) is 0.557. The number of hydrogen-bond donors (Lipinski definition) is 2. The number of anilines is 1. The van der Waals surface area contributed by atoms with E-state index in [0.29, 0.717) is 18.5 Å². The minimum Gasteiger partial charge on any atom is -0.481 e. The number of aliphatic carboxylic acids is 1. The van der Waals surface area contributed by atoms with Gasteiger partial charge < -0.3 is 15.2 Å². The molecule has 2 aromatic rings. The van der Waals surface area contributed by atoms with Crippen LogP contribution < -0.4 is 5.32 Å². The van der Waals surface area contributed by atoms with E-state index in [-0.39, 0.29) is 17.6 Å². The number of nitrogens with one attached hydrogen (secondary N) is 1. The molecule has 2 N–H and O–H groups in total. The molecule has 27 heavy (non-hydrogen) atoms. The van der Waals surface area contributed by atoms with Gasteiger partial charge in [0.1, 0.15) is 0 Å². The highest BCUT2D eigenvalue weighted by molar-refractivity contribution is 8.01. The summed E-state index contributed by atoms with van der Waals surface area (Å²) in [6.45, 7) is 0. The highest BCUT2D eigenvalue weighted by atomic mass is 32.2. The lowest BCUT2D eigenvalue weighted by atomic mass is 9.78. The Morgan fingerprint density at radius 2 is 2.04 bits per heavy atom. The Bertz CT molecular complexity index is 867. The standard InChI is InChI=1S/C18H20N2O5S2/c1-25-15(21)9-26-18-20-13-7-6-10(8-14(13)27-18)19-16(22)11-4-2-3-5-12(11)17(23)24/h6-8,11-12H,2-5,9H2,1H3,(H,19,22)(H,23,24)/t11-,12+/m0/s1. The molecule has 1 saturated carbocycles. The van der Waals surface area contributed by atoms with Crippen molar-refractivity contribution in [1.29, 1.82) is 0 Å². The van der Waals surface area contributed by atoms with Crippen molar-refractivity contribution in [3.63, 3.8) is 0 Å². The second kappa shape index (κ2) is 8.71. The summed E-state index contributed by atoms with van der Waals surface area (Å²) in [5, 5.41) is 12.2. The van der Waals surface area contributed by atoms with Crippen LogP contribution in [-0.4, -0.2) is 40.8 Å². The van der Waals surface area contributed by atoms with Crippen LogP contribution >= 0.6 is 23.1 Å². The Kier molecular flexibility index (Phi) is 6.33. The van der Waals surface area contributed by atoms with E-state index in [2.05, 4.69) is 15.0 Å². The van der Waals surface area contributed by atoms with Crippen LogP contribution in [0.3, 0.4) is 0 Å². The normalized spacial score (nSPS) is 19.6. The van der Waals surface area contributed by atoms with Gasteiger partial charge in [-0.1, -0.05) is 24.6 Å². The van der Waals surface area contributed by atoms with Crippen molar-refractivity contribution in [3.05, 3.63) is 18.2 Å². The van der Waals surface area contributed by atoms with E-state index in [9.17, 15) is 19.5 Å². The molecule has 144 valence electrons. The molecule has 1 aromatic carbocycles. The summed E-state index contributed by atoms with van der Waals surface area (Å²) >= 11 is 2.74. The maximum atomic E-state index is 12.6. The largest absolute Gasteiger partial charge is 0.481 e. The molecule has 0 bridgehead atoms. The molecular formula is C18H20N2O5S2. The van der Waals surface area contributed by atoms with Crippen molar-refractivity contribution < 1.29 is 24.2 Å². The molecule has 9 heteroatoms. The van der Waals surface area contributed by atoms with E-state index in [1.54, 1.807) is 12.1 Å². The number of nitrogens with zero attached hydrogens (tertiary/aromatic N) is 1. The van der Waals surface area contributed by atoms with E-state index in [4.69, 9.17) is 0 Å². The van der Waals surface area contributed by atoms with E-state index < -0.39 is 17.8 Å². The fraction of sp³-hybridized carbons (Fsp3) is 0.444. The average Bonchev–Trinajstić information content (AvgIpc) is 3.08. The number of carbonyl (C=O) groups excluding carboxylic acids is 2. The SMILES string of the molecule is COC(=O)CSc1nc2ccc(NC(=O)[C@H]3CCCC[C@H]3C(=O)O)cc2s1. The topological polar surface area (TPSA) is 106 Å². The predicted octanol–water partition coefficient (Wildman–Crippen LogP) is 3.39. The van der Waals surface area contributed by atoms with Gasteiger partial charge in [0.2, 0.25) is 5.91 Å². The molecule has 1 aliphatic carbocycles. The van der Waals surface area contributed by atoms with Gasteiger partial charge in [0.15, 0.2) is 4.34 Å². The van der Waals surface area contributed by atoms with Crippen LogP contribution in [0.15, 0.2) is 22.5 Å². The van der Waals surface area contributed by atoms with Crippen LogP contribution in [0.1, 0.15) is 25.7 Å². The van der Waals surface area contributed by atoms with Gasteiger partial charge >= 0.3 is 11.9 Å². The summed E-state index contributed by atoms with van der Waals surface area (Å²) in [5.74, 6) is -2.39. The summed E-state index contributed by atoms with van der Waals surface area (Å²) in [6.07, 6.45) is 2.86. The van der Waals surface area contributed by atoms with Crippen molar-refractivity contribution in [3.8, 4) is 0 Å². The molecule has 0 radical (unpaired) electrons. The van der Waals surface area contributed by atoms with Gasteiger partial charge in [-0.2, -0.15) is 0 Å². The highest BCUT2D eigenvalue weighted by Gasteiger charge is 2.35. The molecule has 1 heterocycles. The molecule has 0 unspecified atom stereocenters. The number of fused-ring (bicyclic) bond motifs is 1. The number of thiazole rings is 1. The summed E-state index contributed by atoms with van der Waals surface area (Å²) in [4.78, 5) is 39.7. The number of rotatable bonds is 6. The first-order valence-corrected chi connectivity index (χ1v) is 10.4. The number of thioether (sulfide) groups is 1. The van der Waals surface area contributed by atoms with Crippen molar-refractivity contribution >= 4 is 56.8 Å². The summed E-state index contributed by atoms with van der Waals surface area (Å²) < 4.78 is 6.25. The number of methoxy groups -OCH3 is 1. The number of carboxylic acid groups (broad SMARTS) is 1. The lowest BCUT2D eigenvalue weighted by Crippen LogP contribution is -2.36. The van der Waals surface area contributed by atoms with Gasteiger partial charge in [-0.15, -0.1) is 11.3 Å². The van der Waals surface area contributed by atoms with Gasteiger partial charge in [-0.3, -0.25) is 14.4 Å². The molecular weight excluding hydrogens is 388 g/mol. The third-order valence-corrected chi connectivity index (χ3v) is 6.73. The van der Waals surface area contributed by atoms with Crippen molar-refractivity contribution in [2.45, 2.75) is 30.0 Å². The van der Waals surface area contributed by atoms with E-state index in [0.717, 1.165) is 27.4 Å². The van der Waals surface area contributed by atoms with Crippen LogP contribution in [-0.2, 0) is 19.1 Å². The summed E-state index contributed by atoms with van der Waals surface area (Å²) in [6, 6.07) is 5.39. The number of amides is 1. The van der Waals surface area contributed by atoms with Gasteiger partial charge in [0.25, 0.3) is 0 Å². The lowest BCUT2D eigenvalue weighted by Gasteiger charge is -2.27. The molecule has 1 aliphatic rings. The number of carbonyl (C=O) groups is 3. The maximum Gasteiger partial charge on any atom is 0.316 e. The summed E-state index contributed by atoms with van der Waals surface area (Å²) in [7, 11) is 1.34. The van der Waals surface area contributed by atoms with E-state index in [1.165, 1.54) is 30.2 Å². The molecule has 0 spiro atoms. The first kappa shape index (κ1) is 19.6. The summed E-state index contributed by atoms with van der Waals surface area (Å²) in [5.41, 5.74) is 1.40. The zero-order valence-corrected chi connectivity index (χ0v) is 16.4. The second-order valence-corrected chi connectivity index (χ2v) is 8.61. The monoisotopic (exact) mass is 408 g/mol.